The van der Waals surface area contributed by atoms with Crippen LogP contribution in [0.25, 0.3) is 0 Å². The van der Waals surface area contributed by atoms with Crippen molar-refractivity contribution >= 4 is 23.2 Å². The normalized spacial score (nSPS) is 12.5. The van der Waals surface area contributed by atoms with Crippen LogP contribution in [0.1, 0.15) is 28.3 Å². The third-order valence-corrected chi connectivity index (χ3v) is 3.75. The monoisotopic (exact) mass is 279 g/mol. The van der Waals surface area contributed by atoms with Crippen molar-refractivity contribution in [1.29, 1.82) is 0 Å². The van der Waals surface area contributed by atoms with E-state index in [0.717, 1.165) is 11.1 Å². The van der Waals surface area contributed by atoms with Gasteiger partial charge in [0.15, 0.2) is 0 Å². The Morgan fingerprint density at radius 2 is 1.67 bits per heavy atom. The number of rotatable bonds is 2. The van der Waals surface area contributed by atoms with Crippen LogP contribution in [-0.4, -0.2) is 0 Å². The Morgan fingerprint density at radius 3 is 2.28 bits per heavy atom. The molecule has 2 aromatic rings. The van der Waals surface area contributed by atoms with Crippen LogP contribution in [0, 0.1) is 13.8 Å². The van der Waals surface area contributed by atoms with E-state index in [-0.39, 0.29) is 6.04 Å². The second-order valence-corrected chi connectivity index (χ2v) is 5.33. The Labute approximate surface area is 118 Å². The molecule has 0 heterocycles. The molecule has 0 aliphatic heterocycles. The molecule has 0 amide bonds. The van der Waals surface area contributed by atoms with E-state index < -0.39 is 0 Å². The highest BCUT2D eigenvalue weighted by molar-refractivity contribution is 6.35. The van der Waals surface area contributed by atoms with Crippen LogP contribution in [0.2, 0.25) is 10.0 Å². The number of halogens is 2. The molecule has 1 atom stereocenters. The minimum Gasteiger partial charge on any atom is -0.320 e. The summed E-state index contributed by atoms with van der Waals surface area (Å²) in [6.07, 6.45) is 0. The minimum absolute atomic E-state index is 0.228. The van der Waals surface area contributed by atoms with Crippen molar-refractivity contribution in [3.8, 4) is 0 Å². The lowest BCUT2D eigenvalue weighted by Crippen LogP contribution is -2.12. The Kier molecular flexibility index (Phi) is 3.96. The molecule has 0 aromatic heterocycles. The summed E-state index contributed by atoms with van der Waals surface area (Å²) < 4.78 is 0. The Balaban J connectivity index is 2.41. The zero-order valence-electron chi connectivity index (χ0n) is 10.4. The summed E-state index contributed by atoms with van der Waals surface area (Å²) in [7, 11) is 0. The molecule has 1 nitrogen and oxygen atoms in total. The maximum Gasteiger partial charge on any atom is 0.0566 e. The fourth-order valence-corrected chi connectivity index (χ4v) is 2.42. The lowest BCUT2D eigenvalue weighted by atomic mass is 9.96. The molecule has 0 saturated carbocycles. The zero-order valence-corrected chi connectivity index (χ0v) is 11.9. The third kappa shape index (κ3) is 2.69. The first-order valence-corrected chi connectivity index (χ1v) is 6.52. The number of nitrogens with two attached hydrogens (primary N) is 1. The van der Waals surface area contributed by atoms with Gasteiger partial charge in [-0.3, -0.25) is 0 Å². The summed E-state index contributed by atoms with van der Waals surface area (Å²) in [4.78, 5) is 0. The van der Waals surface area contributed by atoms with E-state index in [0.29, 0.717) is 10.0 Å². The predicted molar refractivity (Wildman–Crippen MR) is 78.4 cm³/mol. The standard InChI is InChI=1S/C15H15Cl2N/c1-9-3-4-11(7-10(9)2)15(18)13-6-5-12(16)8-14(13)17/h3-8,15H,18H2,1-2H3. The predicted octanol–water partition coefficient (Wildman–Crippen LogP) is 4.66. The van der Waals surface area contributed by atoms with Crippen LogP contribution in [0.4, 0.5) is 0 Å². The average Bonchev–Trinajstić information content (AvgIpc) is 2.32. The molecule has 1 unspecified atom stereocenters. The van der Waals surface area contributed by atoms with Gasteiger partial charge in [0.25, 0.3) is 0 Å². The first-order valence-electron chi connectivity index (χ1n) is 5.76. The van der Waals surface area contributed by atoms with Gasteiger partial charge in [0.05, 0.1) is 6.04 Å². The van der Waals surface area contributed by atoms with Gasteiger partial charge in [0, 0.05) is 10.0 Å². The van der Waals surface area contributed by atoms with E-state index in [2.05, 4.69) is 26.0 Å². The zero-order chi connectivity index (χ0) is 13.3. The van der Waals surface area contributed by atoms with E-state index in [4.69, 9.17) is 28.9 Å². The van der Waals surface area contributed by atoms with Gasteiger partial charge >= 0.3 is 0 Å². The van der Waals surface area contributed by atoms with Gasteiger partial charge in [0.1, 0.15) is 0 Å². The van der Waals surface area contributed by atoms with Crippen LogP contribution < -0.4 is 5.73 Å². The lowest BCUT2D eigenvalue weighted by Gasteiger charge is -2.15. The second-order valence-electron chi connectivity index (χ2n) is 4.49. The van der Waals surface area contributed by atoms with Crippen molar-refractivity contribution < 1.29 is 0 Å². The van der Waals surface area contributed by atoms with Crippen molar-refractivity contribution in [3.05, 3.63) is 68.7 Å². The van der Waals surface area contributed by atoms with Crippen LogP contribution in [0.5, 0.6) is 0 Å². The summed E-state index contributed by atoms with van der Waals surface area (Å²) in [6.45, 7) is 4.16. The van der Waals surface area contributed by atoms with Gasteiger partial charge < -0.3 is 5.73 Å². The molecule has 0 aliphatic rings. The van der Waals surface area contributed by atoms with Gasteiger partial charge in [-0.05, 0) is 48.2 Å². The SMILES string of the molecule is Cc1ccc(C(N)c2ccc(Cl)cc2Cl)cc1C. The fraction of sp³-hybridized carbons (Fsp3) is 0.200. The summed E-state index contributed by atoms with van der Waals surface area (Å²) >= 11 is 12.1. The summed E-state index contributed by atoms with van der Waals surface area (Å²) in [5, 5.41) is 1.23. The molecule has 2 aromatic carbocycles. The molecule has 0 fully saturated rings. The molecular weight excluding hydrogens is 265 g/mol. The van der Waals surface area contributed by atoms with Crippen LogP contribution in [-0.2, 0) is 0 Å². The van der Waals surface area contributed by atoms with E-state index in [1.54, 1.807) is 6.07 Å². The Bertz CT molecular complexity index is 579. The first-order chi connectivity index (χ1) is 8.49. The van der Waals surface area contributed by atoms with Crippen molar-refractivity contribution in [2.45, 2.75) is 19.9 Å². The second kappa shape index (κ2) is 5.31. The van der Waals surface area contributed by atoms with Gasteiger partial charge in [-0.1, -0.05) is 47.5 Å². The van der Waals surface area contributed by atoms with Gasteiger partial charge in [0.2, 0.25) is 0 Å². The molecule has 0 bridgehead atoms. The van der Waals surface area contributed by atoms with E-state index in [1.165, 1.54) is 11.1 Å². The number of aryl methyl sites for hydroxylation is 2. The molecule has 2 N–H and O–H groups in total. The van der Waals surface area contributed by atoms with Gasteiger partial charge in [-0.25, -0.2) is 0 Å². The van der Waals surface area contributed by atoms with Crippen molar-refractivity contribution in [1.82, 2.24) is 0 Å². The summed E-state index contributed by atoms with van der Waals surface area (Å²) in [6, 6.07) is 11.4. The van der Waals surface area contributed by atoms with E-state index >= 15 is 0 Å². The van der Waals surface area contributed by atoms with Gasteiger partial charge in [-0.2, -0.15) is 0 Å². The molecule has 0 radical (unpaired) electrons. The topological polar surface area (TPSA) is 26.0 Å². The maximum absolute atomic E-state index is 6.26. The summed E-state index contributed by atoms with van der Waals surface area (Å²) in [5.74, 6) is 0. The molecule has 2 rings (SSSR count). The summed E-state index contributed by atoms with van der Waals surface area (Å²) in [5.41, 5.74) is 10.7. The largest absolute Gasteiger partial charge is 0.320 e. The van der Waals surface area contributed by atoms with Crippen molar-refractivity contribution in [2.75, 3.05) is 0 Å². The maximum atomic E-state index is 6.26. The molecule has 0 aliphatic carbocycles. The van der Waals surface area contributed by atoms with E-state index in [9.17, 15) is 0 Å². The van der Waals surface area contributed by atoms with Crippen LogP contribution in [0.15, 0.2) is 36.4 Å². The lowest BCUT2D eigenvalue weighted by molar-refractivity contribution is 0.869. The Hall–Kier alpha value is -1.02. The molecule has 0 spiro atoms. The molecule has 18 heavy (non-hydrogen) atoms. The molecule has 0 saturated heterocycles. The average molecular weight is 280 g/mol. The van der Waals surface area contributed by atoms with Crippen molar-refractivity contribution in [2.24, 2.45) is 5.73 Å². The third-order valence-electron chi connectivity index (χ3n) is 3.19. The quantitative estimate of drug-likeness (QED) is 0.850. The van der Waals surface area contributed by atoms with E-state index in [1.807, 2.05) is 18.2 Å². The first kappa shape index (κ1) is 13.4. The highest BCUT2D eigenvalue weighted by Crippen LogP contribution is 2.29. The Morgan fingerprint density at radius 1 is 0.944 bits per heavy atom. The van der Waals surface area contributed by atoms with Crippen LogP contribution >= 0.6 is 23.2 Å². The van der Waals surface area contributed by atoms with Crippen molar-refractivity contribution in [3.63, 3.8) is 0 Å². The number of hydrogen-bond acceptors (Lipinski definition) is 1. The molecule has 94 valence electrons. The minimum atomic E-state index is -0.228. The number of benzene rings is 2. The fourth-order valence-electron chi connectivity index (χ4n) is 1.89. The highest BCUT2D eigenvalue weighted by Gasteiger charge is 2.13. The van der Waals surface area contributed by atoms with Gasteiger partial charge in [-0.15, -0.1) is 0 Å². The smallest absolute Gasteiger partial charge is 0.0566 e. The molecular formula is C15H15Cl2N. The highest BCUT2D eigenvalue weighted by atomic mass is 35.5. The van der Waals surface area contributed by atoms with Crippen LogP contribution in [0.3, 0.4) is 0 Å². The number of hydrogen-bond donors (Lipinski definition) is 1. The molecule has 3 heteroatoms.